The van der Waals surface area contributed by atoms with Crippen molar-refractivity contribution in [1.29, 1.82) is 0 Å². The first-order valence-corrected chi connectivity index (χ1v) is 7.51. The van der Waals surface area contributed by atoms with Crippen LogP contribution in [0.3, 0.4) is 0 Å². The molecule has 0 aliphatic heterocycles. The van der Waals surface area contributed by atoms with Crippen molar-refractivity contribution in [3.05, 3.63) is 69.3 Å². The summed E-state index contributed by atoms with van der Waals surface area (Å²) >= 11 is 0. The van der Waals surface area contributed by atoms with E-state index in [0.29, 0.717) is 16.8 Å². The Morgan fingerprint density at radius 1 is 1.20 bits per heavy atom. The summed E-state index contributed by atoms with van der Waals surface area (Å²) in [6.45, 7) is 3.31. The second-order valence-corrected chi connectivity index (χ2v) is 5.58. The standard InChI is InChI=1S/C17H17F2N3O3/c1-10-7-13(22(24)25)4-6-16(10)21-17(23)9-20-11(2)12-3-5-14(18)15(19)8-12/h3-8,11,20H,9H2,1-2H3,(H,21,23)/t11-/m1/s1. The van der Waals surface area contributed by atoms with Crippen LogP contribution >= 0.6 is 0 Å². The first-order valence-electron chi connectivity index (χ1n) is 7.51. The summed E-state index contributed by atoms with van der Waals surface area (Å²) in [4.78, 5) is 22.2. The number of benzene rings is 2. The van der Waals surface area contributed by atoms with Crippen LogP contribution in [0.5, 0.6) is 0 Å². The lowest BCUT2D eigenvalue weighted by molar-refractivity contribution is -0.384. The Kier molecular flexibility index (Phi) is 5.76. The number of hydrogen-bond donors (Lipinski definition) is 2. The molecule has 2 N–H and O–H groups in total. The zero-order chi connectivity index (χ0) is 18.6. The van der Waals surface area contributed by atoms with E-state index >= 15 is 0 Å². The Morgan fingerprint density at radius 3 is 2.52 bits per heavy atom. The van der Waals surface area contributed by atoms with Crippen molar-refractivity contribution in [3.8, 4) is 0 Å². The molecule has 0 radical (unpaired) electrons. The van der Waals surface area contributed by atoms with Crippen LogP contribution in [0.25, 0.3) is 0 Å². The number of aryl methyl sites for hydroxylation is 1. The minimum atomic E-state index is -0.947. The van der Waals surface area contributed by atoms with Gasteiger partial charge < -0.3 is 10.6 Å². The maximum atomic E-state index is 13.2. The molecule has 2 aromatic carbocycles. The molecule has 0 unspecified atom stereocenters. The molecule has 1 amide bonds. The quantitative estimate of drug-likeness (QED) is 0.618. The van der Waals surface area contributed by atoms with Crippen LogP contribution in [0, 0.1) is 28.7 Å². The van der Waals surface area contributed by atoms with Crippen molar-refractivity contribution in [2.75, 3.05) is 11.9 Å². The van der Waals surface area contributed by atoms with Crippen molar-refractivity contribution in [2.24, 2.45) is 0 Å². The van der Waals surface area contributed by atoms with E-state index < -0.39 is 16.6 Å². The molecule has 0 saturated carbocycles. The van der Waals surface area contributed by atoms with Crippen LogP contribution in [0.2, 0.25) is 0 Å². The van der Waals surface area contributed by atoms with Crippen molar-refractivity contribution in [1.82, 2.24) is 5.32 Å². The molecule has 0 aromatic heterocycles. The third kappa shape index (κ3) is 4.80. The first kappa shape index (κ1) is 18.5. The third-order valence-corrected chi connectivity index (χ3v) is 3.71. The van der Waals surface area contributed by atoms with Gasteiger partial charge in [-0.05, 0) is 43.2 Å². The van der Waals surface area contributed by atoms with Crippen LogP contribution in [0.4, 0.5) is 20.2 Å². The van der Waals surface area contributed by atoms with Crippen molar-refractivity contribution >= 4 is 17.3 Å². The van der Waals surface area contributed by atoms with E-state index in [2.05, 4.69) is 10.6 Å². The number of rotatable bonds is 6. The van der Waals surface area contributed by atoms with Gasteiger partial charge in [0.1, 0.15) is 0 Å². The zero-order valence-corrected chi connectivity index (χ0v) is 13.7. The number of carbonyl (C=O) groups excluding carboxylic acids is 1. The highest BCUT2D eigenvalue weighted by Crippen LogP contribution is 2.21. The number of amides is 1. The first-order chi connectivity index (χ1) is 11.8. The minimum absolute atomic E-state index is 0.0550. The highest BCUT2D eigenvalue weighted by Gasteiger charge is 2.13. The van der Waals surface area contributed by atoms with E-state index in [0.717, 1.165) is 12.1 Å². The lowest BCUT2D eigenvalue weighted by Crippen LogP contribution is -2.30. The number of nitrogens with one attached hydrogen (secondary N) is 2. The zero-order valence-electron chi connectivity index (χ0n) is 13.7. The average molecular weight is 349 g/mol. The Labute approximate surface area is 143 Å². The van der Waals surface area contributed by atoms with E-state index in [1.807, 2.05) is 0 Å². The summed E-state index contributed by atoms with van der Waals surface area (Å²) in [7, 11) is 0. The fourth-order valence-corrected chi connectivity index (χ4v) is 2.24. The average Bonchev–Trinajstić information content (AvgIpc) is 2.56. The molecule has 2 rings (SSSR count). The second-order valence-electron chi connectivity index (χ2n) is 5.58. The van der Waals surface area contributed by atoms with Gasteiger partial charge in [-0.25, -0.2) is 8.78 Å². The van der Waals surface area contributed by atoms with E-state index in [1.54, 1.807) is 13.8 Å². The molecule has 25 heavy (non-hydrogen) atoms. The topological polar surface area (TPSA) is 84.3 Å². The fourth-order valence-electron chi connectivity index (χ4n) is 2.24. The number of non-ortho nitro benzene ring substituents is 1. The van der Waals surface area contributed by atoms with Crippen LogP contribution in [0.15, 0.2) is 36.4 Å². The Morgan fingerprint density at radius 2 is 1.92 bits per heavy atom. The number of hydrogen-bond acceptors (Lipinski definition) is 4. The molecule has 6 nitrogen and oxygen atoms in total. The van der Waals surface area contributed by atoms with E-state index in [-0.39, 0.29) is 24.2 Å². The SMILES string of the molecule is Cc1cc([N+](=O)[O-])ccc1NC(=O)CN[C@H](C)c1ccc(F)c(F)c1. The van der Waals surface area contributed by atoms with Gasteiger partial charge in [-0.3, -0.25) is 14.9 Å². The van der Waals surface area contributed by atoms with Gasteiger partial charge in [0.05, 0.1) is 11.5 Å². The van der Waals surface area contributed by atoms with E-state index in [4.69, 9.17) is 0 Å². The summed E-state index contributed by atoms with van der Waals surface area (Å²) in [6, 6.07) is 7.32. The van der Waals surface area contributed by atoms with Gasteiger partial charge in [0.15, 0.2) is 11.6 Å². The van der Waals surface area contributed by atoms with E-state index in [9.17, 15) is 23.7 Å². The smallest absolute Gasteiger partial charge is 0.269 e. The Balaban J connectivity index is 1.94. The Bertz CT molecular complexity index is 812. The summed E-state index contributed by atoms with van der Waals surface area (Å²) in [5, 5.41) is 16.3. The van der Waals surface area contributed by atoms with Crippen LogP contribution < -0.4 is 10.6 Å². The van der Waals surface area contributed by atoms with Crippen LogP contribution in [-0.2, 0) is 4.79 Å². The largest absolute Gasteiger partial charge is 0.325 e. The summed E-state index contributed by atoms with van der Waals surface area (Å²) in [5.41, 5.74) is 1.49. The number of nitro benzene ring substituents is 1. The number of carbonyl (C=O) groups is 1. The molecule has 0 bridgehead atoms. The van der Waals surface area contributed by atoms with Crippen molar-refractivity contribution < 1.29 is 18.5 Å². The molecule has 0 spiro atoms. The van der Waals surface area contributed by atoms with Crippen molar-refractivity contribution in [2.45, 2.75) is 19.9 Å². The summed E-state index contributed by atoms with van der Waals surface area (Å²) in [6.07, 6.45) is 0. The monoisotopic (exact) mass is 349 g/mol. The summed E-state index contributed by atoms with van der Waals surface area (Å²) < 4.78 is 26.2. The highest BCUT2D eigenvalue weighted by atomic mass is 19.2. The molecule has 8 heteroatoms. The van der Waals surface area contributed by atoms with Gasteiger partial charge in [0.2, 0.25) is 5.91 Å². The van der Waals surface area contributed by atoms with Gasteiger partial charge in [0.25, 0.3) is 5.69 Å². The normalized spacial score (nSPS) is 11.8. The third-order valence-electron chi connectivity index (χ3n) is 3.71. The second kappa shape index (κ2) is 7.80. The van der Waals surface area contributed by atoms with Gasteiger partial charge in [-0.2, -0.15) is 0 Å². The predicted octanol–water partition coefficient (Wildman–Crippen LogP) is 3.47. The molecule has 1 atom stereocenters. The number of nitrogens with zero attached hydrogens (tertiary/aromatic N) is 1. The van der Waals surface area contributed by atoms with E-state index in [1.165, 1.54) is 24.3 Å². The maximum absolute atomic E-state index is 13.2. The molecule has 0 aliphatic rings. The maximum Gasteiger partial charge on any atom is 0.269 e. The molecule has 0 heterocycles. The van der Waals surface area contributed by atoms with Gasteiger partial charge in [0, 0.05) is 23.9 Å². The molecule has 2 aromatic rings. The molecule has 132 valence electrons. The number of anilines is 1. The molecule has 0 fully saturated rings. The molecular formula is C17H17F2N3O3. The fraction of sp³-hybridized carbons (Fsp3) is 0.235. The van der Waals surface area contributed by atoms with Crippen molar-refractivity contribution in [3.63, 3.8) is 0 Å². The minimum Gasteiger partial charge on any atom is -0.325 e. The number of nitro groups is 1. The lowest BCUT2D eigenvalue weighted by Gasteiger charge is -2.15. The summed E-state index contributed by atoms with van der Waals surface area (Å²) in [5.74, 6) is -2.23. The molecule has 0 saturated heterocycles. The number of halogens is 2. The Hall–Kier alpha value is -2.87. The predicted molar refractivity (Wildman–Crippen MR) is 89.2 cm³/mol. The lowest BCUT2D eigenvalue weighted by atomic mass is 10.1. The van der Waals surface area contributed by atoms with Gasteiger partial charge in [-0.1, -0.05) is 6.07 Å². The van der Waals surface area contributed by atoms with Crippen LogP contribution in [0.1, 0.15) is 24.1 Å². The molecular weight excluding hydrogens is 332 g/mol. The molecule has 0 aliphatic carbocycles. The highest BCUT2D eigenvalue weighted by molar-refractivity contribution is 5.93. The van der Waals surface area contributed by atoms with Crippen LogP contribution in [-0.4, -0.2) is 17.4 Å². The van der Waals surface area contributed by atoms with Gasteiger partial charge >= 0.3 is 0 Å². The van der Waals surface area contributed by atoms with Gasteiger partial charge in [-0.15, -0.1) is 0 Å².